The van der Waals surface area contributed by atoms with E-state index >= 15 is 0 Å². The van der Waals surface area contributed by atoms with Gasteiger partial charge in [0.1, 0.15) is 0 Å². The van der Waals surface area contributed by atoms with Gasteiger partial charge in [0.15, 0.2) is 5.78 Å². The van der Waals surface area contributed by atoms with Crippen LogP contribution in [0.5, 0.6) is 0 Å². The first-order chi connectivity index (χ1) is 9.18. The van der Waals surface area contributed by atoms with Crippen LogP contribution in [0.25, 0.3) is 6.08 Å². The Balaban J connectivity index is 2.02. The smallest absolute Gasteiger partial charge is 0.161 e. The second-order valence-corrected chi connectivity index (χ2v) is 5.37. The Kier molecular flexibility index (Phi) is 4.66. The number of allylic oxidation sites excluding steroid dienone is 1. The van der Waals surface area contributed by atoms with Crippen molar-refractivity contribution < 1.29 is 9.90 Å². The van der Waals surface area contributed by atoms with Crippen LogP contribution in [-0.4, -0.2) is 10.9 Å². The highest BCUT2D eigenvalue weighted by atomic mass is 32.1. The van der Waals surface area contributed by atoms with E-state index in [-0.39, 0.29) is 5.78 Å². The molecular formula is C16H16O2S. The number of aliphatic hydroxyl groups excluding tert-OH is 1. The van der Waals surface area contributed by atoms with Crippen molar-refractivity contribution in [3.63, 3.8) is 0 Å². The Morgan fingerprint density at radius 1 is 1.21 bits per heavy atom. The van der Waals surface area contributed by atoms with E-state index in [1.807, 2.05) is 47.8 Å². The average molecular weight is 272 g/mol. The van der Waals surface area contributed by atoms with Gasteiger partial charge in [-0.3, -0.25) is 4.79 Å². The molecule has 1 aromatic carbocycles. The normalized spacial score (nSPS) is 14.4. The second-order valence-electron chi connectivity index (χ2n) is 4.40. The minimum Gasteiger partial charge on any atom is -0.387 e. The molecule has 0 saturated carbocycles. The lowest BCUT2D eigenvalue weighted by molar-refractivity contribution is -0.120. The lowest BCUT2D eigenvalue weighted by Crippen LogP contribution is -2.16. The molecule has 2 nitrogen and oxygen atoms in total. The third-order valence-corrected chi connectivity index (χ3v) is 3.94. The van der Waals surface area contributed by atoms with E-state index < -0.39 is 12.0 Å². The van der Waals surface area contributed by atoms with Crippen LogP contribution in [-0.2, 0) is 4.79 Å². The maximum Gasteiger partial charge on any atom is 0.161 e. The van der Waals surface area contributed by atoms with Crippen LogP contribution >= 0.6 is 11.3 Å². The number of thiophene rings is 1. The van der Waals surface area contributed by atoms with E-state index in [4.69, 9.17) is 0 Å². The molecule has 3 heteroatoms. The van der Waals surface area contributed by atoms with Crippen LogP contribution in [0.1, 0.15) is 23.5 Å². The number of carbonyl (C=O) groups is 1. The predicted molar refractivity (Wildman–Crippen MR) is 78.9 cm³/mol. The van der Waals surface area contributed by atoms with E-state index in [9.17, 15) is 9.90 Å². The third kappa shape index (κ3) is 3.63. The molecule has 1 heterocycles. The van der Waals surface area contributed by atoms with Gasteiger partial charge < -0.3 is 5.11 Å². The molecule has 0 fully saturated rings. The predicted octanol–water partition coefficient (Wildman–Crippen LogP) is 3.70. The summed E-state index contributed by atoms with van der Waals surface area (Å²) in [7, 11) is 0. The number of benzene rings is 1. The Hall–Kier alpha value is -1.71. The van der Waals surface area contributed by atoms with Crippen molar-refractivity contribution in [1.82, 2.24) is 0 Å². The van der Waals surface area contributed by atoms with Crippen LogP contribution in [0.3, 0.4) is 0 Å². The van der Waals surface area contributed by atoms with Crippen molar-refractivity contribution in [2.75, 3.05) is 0 Å². The van der Waals surface area contributed by atoms with Crippen molar-refractivity contribution in [2.24, 2.45) is 5.92 Å². The minimum atomic E-state index is -0.729. The SMILES string of the molecule is CC(C(=O)/C=C/c1ccccc1)C(O)c1cccs1. The molecule has 0 radical (unpaired) electrons. The number of hydrogen-bond donors (Lipinski definition) is 1. The highest BCUT2D eigenvalue weighted by molar-refractivity contribution is 7.10. The van der Waals surface area contributed by atoms with Gasteiger partial charge in [-0.1, -0.05) is 49.4 Å². The number of ketones is 1. The molecule has 0 amide bonds. The van der Waals surface area contributed by atoms with Gasteiger partial charge in [0.25, 0.3) is 0 Å². The van der Waals surface area contributed by atoms with Gasteiger partial charge in [0, 0.05) is 10.8 Å². The molecule has 0 saturated heterocycles. The minimum absolute atomic E-state index is 0.0650. The molecule has 1 aromatic heterocycles. The Morgan fingerprint density at radius 3 is 2.58 bits per heavy atom. The molecule has 0 aliphatic heterocycles. The Morgan fingerprint density at radius 2 is 1.95 bits per heavy atom. The first-order valence-electron chi connectivity index (χ1n) is 6.17. The molecule has 2 aromatic rings. The summed E-state index contributed by atoms with van der Waals surface area (Å²) < 4.78 is 0. The zero-order chi connectivity index (χ0) is 13.7. The van der Waals surface area contributed by atoms with E-state index in [0.717, 1.165) is 10.4 Å². The van der Waals surface area contributed by atoms with Crippen LogP contribution in [0, 0.1) is 5.92 Å². The van der Waals surface area contributed by atoms with Crippen molar-refractivity contribution in [3.8, 4) is 0 Å². The molecule has 98 valence electrons. The summed E-state index contributed by atoms with van der Waals surface area (Å²) in [6.45, 7) is 1.75. The summed E-state index contributed by atoms with van der Waals surface area (Å²) in [4.78, 5) is 12.8. The molecule has 1 N–H and O–H groups in total. The van der Waals surface area contributed by atoms with Crippen LogP contribution < -0.4 is 0 Å². The van der Waals surface area contributed by atoms with Gasteiger partial charge in [-0.25, -0.2) is 0 Å². The summed E-state index contributed by atoms with van der Waals surface area (Å²) in [6, 6.07) is 13.4. The van der Waals surface area contributed by atoms with Gasteiger partial charge in [-0.15, -0.1) is 11.3 Å². The topological polar surface area (TPSA) is 37.3 Å². The Labute approximate surface area is 117 Å². The van der Waals surface area contributed by atoms with Gasteiger partial charge in [0.2, 0.25) is 0 Å². The van der Waals surface area contributed by atoms with Gasteiger partial charge in [-0.05, 0) is 23.1 Å². The van der Waals surface area contributed by atoms with E-state index in [1.165, 1.54) is 17.4 Å². The molecule has 2 rings (SSSR count). The highest BCUT2D eigenvalue weighted by Crippen LogP contribution is 2.26. The fraction of sp³-hybridized carbons (Fsp3) is 0.188. The summed E-state index contributed by atoms with van der Waals surface area (Å²) in [5, 5.41) is 12.0. The summed E-state index contributed by atoms with van der Waals surface area (Å²) in [5.74, 6) is -0.497. The third-order valence-electron chi connectivity index (χ3n) is 3.00. The lowest BCUT2D eigenvalue weighted by atomic mass is 9.97. The fourth-order valence-corrected chi connectivity index (χ4v) is 2.57. The fourth-order valence-electron chi connectivity index (χ4n) is 1.76. The molecule has 0 aliphatic rings. The van der Waals surface area contributed by atoms with E-state index in [1.54, 1.807) is 13.0 Å². The van der Waals surface area contributed by atoms with Crippen molar-refractivity contribution in [3.05, 3.63) is 64.4 Å². The quantitative estimate of drug-likeness (QED) is 0.843. The second kappa shape index (κ2) is 6.45. The van der Waals surface area contributed by atoms with Crippen molar-refractivity contribution >= 4 is 23.2 Å². The largest absolute Gasteiger partial charge is 0.387 e. The van der Waals surface area contributed by atoms with E-state index in [0.29, 0.717) is 0 Å². The van der Waals surface area contributed by atoms with Gasteiger partial charge in [0.05, 0.1) is 6.10 Å². The molecule has 0 spiro atoms. The maximum atomic E-state index is 12.0. The van der Waals surface area contributed by atoms with Crippen LogP contribution in [0.4, 0.5) is 0 Å². The average Bonchev–Trinajstić information content (AvgIpc) is 2.98. The molecular weight excluding hydrogens is 256 g/mol. The van der Waals surface area contributed by atoms with E-state index in [2.05, 4.69) is 0 Å². The van der Waals surface area contributed by atoms with Crippen molar-refractivity contribution in [2.45, 2.75) is 13.0 Å². The van der Waals surface area contributed by atoms with Gasteiger partial charge in [-0.2, -0.15) is 0 Å². The number of hydrogen-bond acceptors (Lipinski definition) is 3. The summed E-state index contributed by atoms with van der Waals surface area (Å²) >= 11 is 1.46. The molecule has 19 heavy (non-hydrogen) atoms. The Bertz CT molecular complexity index is 543. The summed E-state index contributed by atoms with van der Waals surface area (Å²) in [5.41, 5.74) is 0.980. The maximum absolute atomic E-state index is 12.0. The zero-order valence-electron chi connectivity index (χ0n) is 10.7. The van der Waals surface area contributed by atoms with Crippen molar-refractivity contribution in [1.29, 1.82) is 0 Å². The first kappa shape index (κ1) is 13.7. The lowest BCUT2D eigenvalue weighted by Gasteiger charge is -2.14. The number of carbonyl (C=O) groups excluding carboxylic acids is 1. The molecule has 2 unspecified atom stereocenters. The van der Waals surface area contributed by atoms with Crippen LogP contribution in [0.15, 0.2) is 53.9 Å². The van der Waals surface area contributed by atoms with Crippen LogP contribution in [0.2, 0.25) is 0 Å². The summed E-state index contributed by atoms with van der Waals surface area (Å²) in [6.07, 6.45) is 2.59. The molecule has 0 aliphatic carbocycles. The first-order valence-corrected chi connectivity index (χ1v) is 7.05. The number of rotatable bonds is 5. The molecule has 2 atom stereocenters. The number of aliphatic hydroxyl groups is 1. The molecule has 0 bridgehead atoms. The monoisotopic (exact) mass is 272 g/mol. The zero-order valence-corrected chi connectivity index (χ0v) is 11.5. The van der Waals surface area contributed by atoms with Gasteiger partial charge >= 0.3 is 0 Å². The standard InChI is InChI=1S/C16H16O2S/c1-12(16(18)15-8-5-11-19-15)14(17)10-9-13-6-3-2-4-7-13/h2-12,16,18H,1H3/b10-9+. The highest BCUT2D eigenvalue weighted by Gasteiger charge is 2.22.